The summed E-state index contributed by atoms with van der Waals surface area (Å²) >= 11 is 2.88. The quantitative estimate of drug-likeness (QED) is 0.518. The van der Waals surface area contributed by atoms with E-state index in [0.29, 0.717) is 26.4 Å². The average molecular weight is 469 g/mol. The van der Waals surface area contributed by atoms with Crippen molar-refractivity contribution in [2.75, 3.05) is 6.61 Å². The molecule has 0 saturated heterocycles. The number of aromatic nitrogens is 1. The van der Waals surface area contributed by atoms with Crippen LogP contribution in [0.2, 0.25) is 0 Å². The Hall–Kier alpha value is -2.97. The molecule has 3 heterocycles. The molecule has 1 aliphatic rings. The SMILES string of the molecule is CCOC(=O)C1=C(C)N=c2s/c(=C\c3cccs3)c(=O)n2C1c1ccccc1OC(C)C. The highest BCUT2D eigenvalue weighted by molar-refractivity contribution is 7.11. The number of rotatable bonds is 6. The van der Waals surface area contributed by atoms with Gasteiger partial charge in [-0.05, 0) is 51.3 Å². The van der Waals surface area contributed by atoms with Crippen LogP contribution in [0.4, 0.5) is 0 Å². The minimum Gasteiger partial charge on any atom is -0.491 e. The molecule has 6 nitrogen and oxygen atoms in total. The maximum Gasteiger partial charge on any atom is 0.338 e. The van der Waals surface area contributed by atoms with Gasteiger partial charge in [0.2, 0.25) is 0 Å². The van der Waals surface area contributed by atoms with Gasteiger partial charge in [0.05, 0.1) is 28.5 Å². The van der Waals surface area contributed by atoms with Crippen LogP contribution >= 0.6 is 22.7 Å². The predicted octanol–water partition coefficient (Wildman–Crippen LogP) is 3.65. The van der Waals surface area contributed by atoms with Crippen molar-refractivity contribution < 1.29 is 14.3 Å². The molecule has 0 spiro atoms. The topological polar surface area (TPSA) is 69.9 Å². The van der Waals surface area contributed by atoms with E-state index in [9.17, 15) is 9.59 Å². The minimum atomic E-state index is -0.689. The Labute approximate surface area is 193 Å². The van der Waals surface area contributed by atoms with Gasteiger partial charge in [-0.15, -0.1) is 11.3 Å². The number of esters is 1. The van der Waals surface area contributed by atoms with Gasteiger partial charge in [0.25, 0.3) is 5.56 Å². The number of thiophene rings is 1. The number of hydrogen-bond acceptors (Lipinski definition) is 7. The van der Waals surface area contributed by atoms with E-state index in [0.717, 1.165) is 10.4 Å². The molecule has 0 N–H and O–H groups in total. The number of carbonyl (C=O) groups excluding carboxylic acids is 1. The standard InChI is InChI=1S/C24H24N2O4S2/c1-5-29-23(28)20-15(4)25-24-26(22(27)19(32-24)13-16-9-8-12-31-16)21(20)17-10-6-7-11-18(17)30-14(2)3/h6-14,21H,5H2,1-4H3/b19-13-. The Morgan fingerprint density at radius 2 is 2.03 bits per heavy atom. The molecule has 0 saturated carbocycles. The average Bonchev–Trinajstić information content (AvgIpc) is 3.36. The number of fused-ring (bicyclic) bond motifs is 1. The van der Waals surface area contributed by atoms with Crippen molar-refractivity contribution in [3.05, 3.63) is 83.2 Å². The zero-order chi connectivity index (χ0) is 22.8. The van der Waals surface area contributed by atoms with E-state index in [-0.39, 0.29) is 18.3 Å². The Balaban J connectivity index is 1.99. The van der Waals surface area contributed by atoms with Crippen LogP contribution in [-0.2, 0) is 9.53 Å². The molecule has 0 radical (unpaired) electrons. The Bertz CT molecular complexity index is 1350. The number of thiazole rings is 1. The lowest BCUT2D eigenvalue weighted by Crippen LogP contribution is -2.40. The van der Waals surface area contributed by atoms with Crippen molar-refractivity contribution in [1.29, 1.82) is 0 Å². The summed E-state index contributed by atoms with van der Waals surface area (Å²) in [5, 5.41) is 1.97. The Morgan fingerprint density at radius 1 is 1.25 bits per heavy atom. The summed E-state index contributed by atoms with van der Waals surface area (Å²) in [4.78, 5) is 32.7. The third-order valence-corrected chi connectivity index (χ3v) is 6.71. The molecule has 3 aromatic rings. The Kier molecular flexibility index (Phi) is 6.43. The zero-order valence-electron chi connectivity index (χ0n) is 18.3. The van der Waals surface area contributed by atoms with E-state index in [1.54, 1.807) is 29.8 Å². The highest BCUT2D eigenvalue weighted by Gasteiger charge is 2.35. The van der Waals surface area contributed by atoms with Crippen LogP contribution < -0.4 is 19.6 Å². The summed E-state index contributed by atoms with van der Waals surface area (Å²) in [6.07, 6.45) is 1.80. The molecule has 0 bridgehead atoms. The number of ether oxygens (including phenoxy) is 2. The lowest BCUT2D eigenvalue weighted by molar-refractivity contribution is -0.139. The first-order chi connectivity index (χ1) is 15.4. The summed E-state index contributed by atoms with van der Waals surface area (Å²) < 4.78 is 13.6. The number of carbonyl (C=O) groups is 1. The molecule has 0 amide bonds. The van der Waals surface area contributed by atoms with Gasteiger partial charge in [0.1, 0.15) is 11.8 Å². The summed E-state index contributed by atoms with van der Waals surface area (Å²) in [6.45, 7) is 7.65. The molecule has 1 aromatic carbocycles. The van der Waals surface area contributed by atoms with Gasteiger partial charge in [0.15, 0.2) is 4.80 Å². The number of allylic oxidation sites excluding steroid dienone is 1. The smallest absolute Gasteiger partial charge is 0.338 e. The largest absolute Gasteiger partial charge is 0.491 e. The molecule has 2 aromatic heterocycles. The fourth-order valence-electron chi connectivity index (χ4n) is 3.66. The van der Waals surface area contributed by atoms with E-state index >= 15 is 0 Å². The van der Waals surface area contributed by atoms with Gasteiger partial charge in [-0.2, -0.15) is 0 Å². The normalized spacial score (nSPS) is 16.2. The number of nitrogens with zero attached hydrogens (tertiary/aromatic N) is 2. The predicted molar refractivity (Wildman–Crippen MR) is 127 cm³/mol. The maximum absolute atomic E-state index is 13.6. The van der Waals surface area contributed by atoms with Gasteiger partial charge in [-0.3, -0.25) is 9.36 Å². The number of hydrogen-bond donors (Lipinski definition) is 0. The van der Waals surface area contributed by atoms with Crippen LogP contribution in [0.15, 0.2) is 62.8 Å². The van der Waals surface area contributed by atoms with Gasteiger partial charge in [0, 0.05) is 10.4 Å². The van der Waals surface area contributed by atoms with E-state index in [1.165, 1.54) is 11.3 Å². The lowest BCUT2D eigenvalue weighted by atomic mass is 9.95. The third-order valence-electron chi connectivity index (χ3n) is 4.91. The van der Waals surface area contributed by atoms with Crippen LogP contribution in [0, 0.1) is 0 Å². The van der Waals surface area contributed by atoms with Gasteiger partial charge < -0.3 is 9.47 Å². The molecular formula is C24H24N2O4S2. The van der Waals surface area contributed by atoms with Crippen molar-refractivity contribution in [2.45, 2.75) is 39.8 Å². The third kappa shape index (κ3) is 4.20. The van der Waals surface area contributed by atoms with Crippen molar-refractivity contribution >= 4 is 34.7 Å². The number of benzene rings is 1. The van der Waals surface area contributed by atoms with Gasteiger partial charge in [-0.1, -0.05) is 35.6 Å². The zero-order valence-corrected chi connectivity index (χ0v) is 20.0. The van der Waals surface area contributed by atoms with Crippen LogP contribution in [0.25, 0.3) is 6.08 Å². The lowest BCUT2D eigenvalue weighted by Gasteiger charge is -2.26. The molecule has 8 heteroatoms. The fraction of sp³-hybridized carbons (Fsp3) is 0.292. The second-order valence-electron chi connectivity index (χ2n) is 7.52. The van der Waals surface area contributed by atoms with E-state index in [4.69, 9.17) is 9.47 Å². The first kappa shape index (κ1) is 22.2. The van der Waals surface area contributed by atoms with Crippen LogP contribution in [0.3, 0.4) is 0 Å². The molecule has 0 fully saturated rings. The molecular weight excluding hydrogens is 444 g/mol. The molecule has 4 rings (SSSR count). The maximum atomic E-state index is 13.6. The molecule has 1 atom stereocenters. The fourth-order valence-corrected chi connectivity index (χ4v) is 5.43. The summed E-state index contributed by atoms with van der Waals surface area (Å²) in [7, 11) is 0. The highest BCUT2D eigenvalue weighted by Crippen LogP contribution is 2.36. The monoisotopic (exact) mass is 468 g/mol. The van der Waals surface area contributed by atoms with Crippen LogP contribution in [-0.4, -0.2) is 23.2 Å². The molecule has 32 heavy (non-hydrogen) atoms. The molecule has 1 aliphatic heterocycles. The van der Waals surface area contributed by atoms with Crippen LogP contribution in [0.1, 0.15) is 44.2 Å². The summed E-state index contributed by atoms with van der Waals surface area (Å²) in [6, 6.07) is 10.7. The highest BCUT2D eigenvalue weighted by atomic mass is 32.1. The first-order valence-corrected chi connectivity index (χ1v) is 12.1. The van der Waals surface area contributed by atoms with Crippen molar-refractivity contribution in [3.63, 3.8) is 0 Å². The van der Waals surface area contributed by atoms with Crippen molar-refractivity contribution in [1.82, 2.24) is 4.57 Å². The van der Waals surface area contributed by atoms with E-state index in [1.807, 2.05) is 61.7 Å². The molecule has 1 unspecified atom stereocenters. The number of para-hydroxylation sites is 1. The molecule has 166 valence electrons. The van der Waals surface area contributed by atoms with Crippen molar-refractivity contribution in [2.24, 2.45) is 4.99 Å². The minimum absolute atomic E-state index is 0.0677. The Morgan fingerprint density at radius 3 is 2.72 bits per heavy atom. The van der Waals surface area contributed by atoms with Crippen molar-refractivity contribution in [3.8, 4) is 5.75 Å². The summed E-state index contributed by atoms with van der Waals surface area (Å²) in [5.41, 5.74) is 1.42. The first-order valence-electron chi connectivity index (χ1n) is 10.4. The van der Waals surface area contributed by atoms with Gasteiger partial charge >= 0.3 is 5.97 Å². The van der Waals surface area contributed by atoms with E-state index < -0.39 is 12.0 Å². The second-order valence-corrected chi connectivity index (χ2v) is 9.51. The van der Waals surface area contributed by atoms with Crippen LogP contribution in [0.5, 0.6) is 5.75 Å². The second kappa shape index (κ2) is 9.26. The summed E-state index contributed by atoms with van der Waals surface area (Å²) in [5.74, 6) is 0.141. The molecule has 0 aliphatic carbocycles. The van der Waals surface area contributed by atoms with Gasteiger partial charge in [-0.25, -0.2) is 9.79 Å². The van der Waals surface area contributed by atoms with E-state index in [2.05, 4.69) is 4.99 Å².